The average Bonchev–Trinajstić information content (AvgIpc) is 2.50. The predicted octanol–water partition coefficient (Wildman–Crippen LogP) is 3.36. The Balaban J connectivity index is 2.12. The molecule has 1 aromatic carbocycles. The molecule has 5 heteroatoms. The zero-order valence-corrected chi connectivity index (χ0v) is 13.8. The second-order valence-electron chi connectivity index (χ2n) is 5.26. The highest BCUT2D eigenvalue weighted by Gasteiger charge is 2.21. The summed E-state index contributed by atoms with van der Waals surface area (Å²) in [4.78, 5) is 2.37. The van der Waals surface area contributed by atoms with E-state index in [4.69, 9.17) is 25.8 Å². The highest BCUT2D eigenvalue weighted by atomic mass is 35.5. The molecule has 0 N–H and O–H groups in total. The van der Waals surface area contributed by atoms with E-state index in [0.717, 1.165) is 48.8 Å². The van der Waals surface area contributed by atoms with Gasteiger partial charge in [0.05, 0.1) is 19.8 Å². The lowest BCUT2D eigenvalue weighted by Gasteiger charge is -2.32. The molecule has 1 heterocycles. The van der Waals surface area contributed by atoms with Crippen molar-refractivity contribution in [2.45, 2.75) is 32.4 Å². The molecule has 0 saturated carbocycles. The second kappa shape index (κ2) is 7.87. The van der Waals surface area contributed by atoms with Crippen molar-refractivity contribution in [1.82, 2.24) is 4.90 Å². The topological polar surface area (TPSA) is 30.9 Å². The molecule has 1 atom stereocenters. The van der Waals surface area contributed by atoms with E-state index >= 15 is 0 Å². The molecule has 1 saturated heterocycles. The lowest BCUT2D eigenvalue weighted by molar-refractivity contribution is 0.0285. The molecule has 0 aliphatic carbocycles. The van der Waals surface area contributed by atoms with Crippen LogP contribution < -0.4 is 9.47 Å². The molecule has 4 nitrogen and oxygen atoms in total. The number of rotatable bonds is 6. The highest BCUT2D eigenvalue weighted by Crippen LogP contribution is 2.34. The third-order valence-electron chi connectivity index (χ3n) is 3.82. The number of ether oxygens (including phenoxy) is 3. The minimum Gasteiger partial charge on any atom is -0.493 e. The molecular weight excluding hydrogens is 290 g/mol. The third-order valence-corrected chi connectivity index (χ3v) is 4.17. The maximum Gasteiger partial charge on any atom is 0.162 e. The Morgan fingerprint density at radius 1 is 1.29 bits per heavy atom. The van der Waals surface area contributed by atoms with E-state index in [0.29, 0.717) is 18.5 Å². The Kier molecular flexibility index (Phi) is 6.15. The van der Waals surface area contributed by atoms with Crippen LogP contribution in [0.2, 0.25) is 5.02 Å². The Morgan fingerprint density at radius 2 is 2.10 bits per heavy atom. The van der Waals surface area contributed by atoms with E-state index < -0.39 is 0 Å². The molecule has 1 fully saturated rings. The minimum atomic E-state index is 0.321. The third kappa shape index (κ3) is 4.25. The van der Waals surface area contributed by atoms with Gasteiger partial charge in [-0.1, -0.05) is 11.6 Å². The summed E-state index contributed by atoms with van der Waals surface area (Å²) >= 11 is 6.39. The fourth-order valence-electron chi connectivity index (χ4n) is 2.72. The smallest absolute Gasteiger partial charge is 0.162 e. The molecule has 1 aromatic rings. The van der Waals surface area contributed by atoms with Crippen LogP contribution in [0.15, 0.2) is 12.1 Å². The van der Waals surface area contributed by atoms with Crippen LogP contribution in [-0.4, -0.2) is 44.9 Å². The van der Waals surface area contributed by atoms with Crippen molar-refractivity contribution >= 4 is 11.6 Å². The summed E-state index contributed by atoms with van der Waals surface area (Å²) < 4.78 is 16.4. The van der Waals surface area contributed by atoms with Crippen LogP contribution in [0.25, 0.3) is 0 Å². The molecule has 0 radical (unpaired) electrons. The second-order valence-corrected chi connectivity index (χ2v) is 5.67. The van der Waals surface area contributed by atoms with Gasteiger partial charge in [0, 0.05) is 31.3 Å². The Morgan fingerprint density at radius 3 is 2.76 bits per heavy atom. The normalized spacial score (nSPS) is 19.5. The number of piperidine rings is 1. The Labute approximate surface area is 131 Å². The van der Waals surface area contributed by atoms with E-state index in [1.807, 2.05) is 19.1 Å². The molecule has 0 amide bonds. The van der Waals surface area contributed by atoms with E-state index in [1.165, 1.54) is 0 Å². The van der Waals surface area contributed by atoms with Crippen LogP contribution in [-0.2, 0) is 11.3 Å². The monoisotopic (exact) mass is 313 g/mol. The lowest BCUT2D eigenvalue weighted by atomic mass is 10.1. The van der Waals surface area contributed by atoms with Gasteiger partial charge < -0.3 is 14.2 Å². The summed E-state index contributed by atoms with van der Waals surface area (Å²) in [5.74, 6) is 1.43. The van der Waals surface area contributed by atoms with Crippen molar-refractivity contribution in [1.29, 1.82) is 0 Å². The summed E-state index contributed by atoms with van der Waals surface area (Å²) in [6.45, 7) is 5.36. The van der Waals surface area contributed by atoms with Gasteiger partial charge in [-0.2, -0.15) is 0 Å². The van der Waals surface area contributed by atoms with E-state index in [2.05, 4.69) is 4.90 Å². The van der Waals surface area contributed by atoms with Gasteiger partial charge in [0.15, 0.2) is 11.5 Å². The molecular formula is C16H24ClNO3. The SMILES string of the molecule is CCOc1cc(Cl)c(CN2CCCC(OC)C2)cc1OC. The molecule has 1 aliphatic heterocycles. The number of hydrogen-bond donors (Lipinski definition) is 0. The fraction of sp³-hybridized carbons (Fsp3) is 0.625. The van der Waals surface area contributed by atoms with Gasteiger partial charge in [-0.25, -0.2) is 0 Å². The van der Waals surface area contributed by atoms with Crippen LogP contribution in [0.1, 0.15) is 25.3 Å². The van der Waals surface area contributed by atoms with Crippen molar-refractivity contribution in [3.8, 4) is 11.5 Å². The van der Waals surface area contributed by atoms with Gasteiger partial charge in [0.1, 0.15) is 0 Å². The number of likely N-dealkylation sites (tertiary alicyclic amines) is 1. The van der Waals surface area contributed by atoms with Gasteiger partial charge in [-0.15, -0.1) is 0 Å². The highest BCUT2D eigenvalue weighted by molar-refractivity contribution is 6.31. The summed E-state index contributed by atoms with van der Waals surface area (Å²) in [7, 11) is 3.43. The molecule has 1 aliphatic rings. The largest absolute Gasteiger partial charge is 0.493 e. The first-order chi connectivity index (χ1) is 10.2. The zero-order valence-electron chi connectivity index (χ0n) is 13.0. The van der Waals surface area contributed by atoms with Crippen molar-refractivity contribution < 1.29 is 14.2 Å². The molecule has 2 rings (SSSR count). The molecule has 0 spiro atoms. The quantitative estimate of drug-likeness (QED) is 0.806. The maximum absolute atomic E-state index is 6.39. The van der Waals surface area contributed by atoms with Gasteiger partial charge in [0.2, 0.25) is 0 Å². The Bertz CT molecular complexity index is 467. The first kappa shape index (κ1) is 16.4. The zero-order chi connectivity index (χ0) is 15.2. The van der Waals surface area contributed by atoms with Crippen LogP contribution in [0.5, 0.6) is 11.5 Å². The molecule has 0 bridgehead atoms. The molecule has 21 heavy (non-hydrogen) atoms. The first-order valence-corrected chi connectivity index (χ1v) is 7.80. The van der Waals surface area contributed by atoms with E-state index in [9.17, 15) is 0 Å². The number of methoxy groups -OCH3 is 2. The van der Waals surface area contributed by atoms with Crippen molar-refractivity contribution in [3.63, 3.8) is 0 Å². The summed E-state index contributed by atoms with van der Waals surface area (Å²) in [6, 6.07) is 3.82. The molecule has 1 unspecified atom stereocenters. The lowest BCUT2D eigenvalue weighted by Crippen LogP contribution is -2.38. The summed E-state index contributed by atoms with van der Waals surface area (Å²) in [5, 5.41) is 0.721. The van der Waals surface area contributed by atoms with Gasteiger partial charge in [0.25, 0.3) is 0 Å². The van der Waals surface area contributed by atoms with Gasteiger partial charge in [-0.05, 0) is 37.9 Å². The molecule has 118 valence electrons. The van der Waals surface area contributed by atoms with Crippen molar-refractivity contribution in [2.75, 3.05) is 33.9 Å². The van der Waals surface area contributed by atoms with Crippen LogP contribution in [0.3, 0.4) is 0 Å². The van der Waals surface area contributed by atoms with Crippen LogP contribution >= 0.6 is 11.6 Å². The first-order valence-electron chi connectivity index (χ1n) is 7.42. The number of hydrogen-bond acceptors (Lipinski definition) is 4. The maximum atomic E-state index is 6.39. The van der Waals surface area contributed by atoms with Crippen LogP contribution in [0.4, 0.5) is 0 Å². The van der Waals surface area contributed by atoms with Crippen molar-refractivity contribution in [2.24, 2.45) is 0 Å². The minimum absolute atomic E-state index is 0.321. The Hall–Kier alpha value is -0.970. The van der Waals surface area contributed by atoms with Gasteiger partial charge in [-0.3, -0.25) is 4.90 Å². The number of benzene rings is 1. The van der Waals surface area contributed by atoms with E-state index in [1.54, 1.807) is 14.2 Å². The standard InChI is InChI=1S/C16H24ClNO3/c1-4-21-16-9-14(17)12(8-15(16)20-3)10-18-7-5-6-13(11-18)19-2/h8-9,13H,4-7,10-11H2,1-3H3. The summed E-state index contributed by atoms with van der Waals surface area (Å²) in [5.41, 5.74) is 1.06. The van der Waals surface area contributed by atoms with Crippen molar-refractivity contribution in [3.05, 3.63) is 22.7 Å². The van der Waals surface area contributed by atoms with Gasteiger partial charge >= 0.3 is 0 Å². The number of halogens is 1. The summed E-state index contributed by atoms with van der Waals surface area (Å²) in [6.07, 6.45) is 2.61. The fourth-order valence-corrected chi connectivity index (χ4v) is 2.93. The molecule has 0 aromatic heterocycles. The predicted molar refractivity (Wildman–Crippen MR) is 84.5 cm³/mol. The van der Waals surface area contributed by atoms with E-state index in [-0.39, 0.29) is 0 Å². The van der Waals surface area contributed by atoms with Crippen LogP contribution in [0, 0.1) is 0 Å². The number of nitrogens with zero attached hydrogens (tertiary/aromatic N) is 1. The average molecular weight is 314 g/mol.